The van der Waals surface area contributed by atoms with Gasteiger partial charge in [-0.3, -0.25) is 9.69 Å². The number of aromatic nitrogens is 1. The molecule has 0 spiro atoms. The van der Waals surface area contributed by atoms with Crippen LogP contribution in [0, 0.1) is 0 Å². The van der Waals surface area contributed by atoms with Gasteiger partial charge in [-0.25, -0.2) is 4.98 Å². The second-order valence-corrected chi connectivity index (χ2v) is 5.59. The van der Waals surface area contributed by atoms with E-state index >= 15 is 0 Å². The molecule has 1 unspecified atom stereocenters. The maximum atomic E-state index is 11.8. The summed E-state index contributed by atoms with van der Waals surface area (Å²) in [4.78, 5) is 20.6. The molecule has 0 radical (unpaired) electrons. The van der Waals surface area contributed by atoms with Gasteiger partial charge in [0.25, 0.3) is 0 Å². The predicted octanol–water partition coefficient (Wildman–Crippen LogP) is 0.484. The second-order valence-electron chi connectivity index (χ2n) is 5.59. The van der Waals surface area contributed by atoms with E-state index in [4.69, 9.17) is 10.5 Å². The Hall–Kier alpha value is -1.66. The number of esters is 1. The van der Waals surface area contributed by atoms with Crippen molar-refractivity contribution in [2.24, 2.45) is 5.73 Å². The average Bonchev–Trinajstić information content (AvgIpc) is 2.49. The number of ether oxygens (including phenoxy) is 1. The summed E-state index contributed by atoms with van der Waals surface area (Å²) in [5.74, 6) is 0.662. The SMILES string of the molecule is CCOC(=O)C(C)(N)CN1CCN(c2ccccn2)CC1. The van der Waals surface area contributed by atoms with Crippen LogP contribution in [-0.4, -0.2) is 60.7 Å². The number of rotatable bonds is 5. The molecule has 1 aliphatic rings. The number of nitrogens with zero attached hydrogens (tertiary/aromatic N) is 3. The van der Waals surface area contributed by atoms with Crippen molar-refractivity contribution >= 4 is 11.8 Å². The molecule has 2 heterocycles. The smallest absolute Gasteiger partial charge is 0.327 e. The van der Waals surface area contributed by atoms with Crippen molar-refractivity contribution in [1.29, 1.82) is 0 Å². The van der Waals surface area contributed by atoms with Crippen LogP contribution in [0.5, 0.6) is 0 Å². The molecule has 1 fully saturated rings. The lowest BCUT2D eigenvalue weighted by molar-refractivity contribution is -0.149. The van der Waals surface area contributed by atoms with Crippen molar-refractivity contribution in [3.05, 3.63) is 24.4 Å². The van der Waals surface area contributed by atoms with Gasteiger partial charge in [0.1, 0.15) is 11.4 Å². The minimum Gasteiger partial charge on any atom is -0.465 e. The van der Waals surface area contributed by atoms with Crippen LogP contribution < -0.4 is 10.6 Å². The van der Waals surface area contributed by atoms with E-state index in [0.717, 1.165) is 32.0 Å². The van der Waals surface area contributed by atoms with Gasteiger partial charge in [0.15, 0.2) is 0 Å². The summed E-state index contributed by atoms with van der Waals surface area (Å²) >= 11 is 0. The molecule has 0 bridgehead atoms. The Balaban J connectivity index is 1.85. The van der Waals surface area contributed by atoms with E-state index in [2.05, 4.69) is 14.8 Å². The van der Waals surface area contributed by atoms with Gasteiger partial charge in [0.2, 0.25) is 0 Å². The van der Waals surface area contributed by atoms with Crippen molar-refractivity contribution in [3.63, 3.8) is 0 Å². The Labute approximate surface area is 125 Å². The van der Waals surface area contributed by atoms with Gasteiger partial charge in [-0.1, -0.05) is 6.07 Å². The summed E-state index contributed by atoms with van der Waals surface area (Å²) in [5.41, 5.74) is 5.13. The van der Waals surface area contributed by atoms with E-state index in [9.17, 15) is 4.79 Å². The van der Waals surface area contributed by atoms with Crippen molar-refractivity contribution in [2.45, 2.75) is 19.4 Å². The lowest BCUT2D eigenvalue weighted by Crippen LogP contribution is -2.58. The molecule has 1 saturated heterocycles. The zero-order chi connectivity index (χ0) is 15.3. The van der Waals surface area contributed by atoms with Gasteiger partial charge in [-0.15, -0.1) is 0 Å². The molecule has 1 aromatic heterocycles. The van der Waals surface area contributed by atoms with Crippen LogP contribution in [0.3, 0.4) is 0 Å². The first-order valence-corrected chi connectivity index (χ1v) is 7.37. The third-order valence-electron chi connectivity index (χ3n) is 3.64. The van der Waals surface area contributed by atoms with Crippen LogP contribution in [0.1, 0.15) is 13.8 Å². The molecule has 21 heavy (non-hydrogen) atoms. The number of anilines is 1. The number of piperazine rings is 1. The van der Waals surface area contributed by atoms with Crippen LogP contribution in [0.4, 0.5) is 5.82 Å². The minimum atomic E-state index is -0.955. The van der Waals surface area contributed by atoms with Gasteiger partial charge in [0.05, 0.1) is 6.61 Å². The summed E-state index contributed by atoms with van der Waals surface area (Å²) in [5, 5.41) is 0. The van der Waals surface area contributed by atoms with E-state index in [-0.39, 0.29) is 5.97 Å². The molecular weight excluding hydrogens is 268 g/mol. The van der Waals surface area contributed by atoms with E-state index in [0.29, 0.717) is 13.2 Å². The van der Waals surface area contributed by atoms with Crippen LogP contribution in [0.15, 0.2) is 24.4 Å². The van der Waals surface area contributed by atoms with Crippen LogP contribution in [0.2, 0.25) is 0 Å². The highest BCUT2D eigenvalue weighted by Gasteiger charge is 2.33. The molecule has 6 nitrogen and oxygen atoms in total. The Morgan fingerprint density at radius 3 is 2.67 bits per heavy atom. The van der Waals surface area contributed by atoms with Gasteiger partial charge >= 0.3 is 5.97 Å². The Morgan fingerprint density at radius 2 is 2.10 bits per heavy atom. The van der Waals surface area contributed by atoms with Gasteiger partial charge in [-0.2, -0.15) is 0 Å². The molecule has 6 heteroatoms. The van der Waals surface area contributed by atoms with E-state index in [1.165, 1.54) is 0 Å². The molecule has 116 valence electrons. The quantitative estimate of drug-likeness (QED) is 0.796. The molecule has 1 aliphatic heterocycles. The number of hydrogen-bond donors (Lipinski definition) is 1. The van der Waals surface area contributed by atoms with Crippen LogP contribution >= 0.6 is 0 Å². The Morgan fingerprint density at radius 1 is 1.38 bits per heavy atom. The predicted molar refractivity (Wildman–Crippen MR) is 82.1 cm³/mol. The molecular formula is C15H24N4O2. The Bertz CT molecular complexity index is 456. The topological polar surface area (TPSA) is 71.7 Å². The summed E-state index contributed by atoms with van der Waals surface area (Å²) < 4.78 is 5.03. The highest BCUT2D eigenvalue weighted by atomic mass is 16.5. The van der Waals surface area contributed by atoms with Crippen LogP contribution in [-0.2, 0) is 9.53 Å². The van der Waals surface area contributed by atoms with E-state index in [1.807, 2.05) is 18.2 Å². The second kappa shape index (κ2) is 6.87. The fraction of sp³-hybridized carbons (Fsp3) is 0.600. The largest absolute Gasteiger partial charge is 0.465 e. The monoisotopic (exact) mass is 292 g/mol. The first-order chi connectivity index (χ1) is 10.0. The molecule has 2 N–H and O–H groups in total. The molecule has 2 rings (SSSR count). The minimum absolute atomic E-state index is 0.336. The van der Waals surface area contributed by atoms with Crippen molar-refractivity contribution < 1.29 is 9.53 Å². The summed E-state index contributed by atoms with van der Waals surface area (Å²) in [6.07, 6.45) is 1.80. The molecule has 0 amide bonds. The Kier molecular flexibility index (Phi) is 5.14. The molecule has 1 aromatic rings. The maximum absolute atomic E-state index is 11.8. The average molecular weight is 292 g/mol. The number of carbonyl (C=O) groups is 1. The third kappa shape index (κ3) is 4.15. The lowest BCUT2D eigenvalue weighted by atomic mass is 10.0. The fourth-order valence-corrected chi connectivity index (χ4v) is 2.50. The summed E-state index contributed by atoms with van der Waals surface area (Å²) in [7, 11) is 0. The fourth-order valence-electron chi connectivity index (χ4n) is 2.50. The van der Waals surface area contributed by atoms with Crippen molar-refractivity contribution in [2.75, 3.05) is 44.2 Å². The van der Waals surface area contributed by atoms with Gasteiger partial charge in [0, 0.05) is 38.9 Å². The summed E-state index contributed by atoms with van der Waals surface area (Å²) in [6.45, 7) is 7.90. The van der Waals surface area contributed by atoms with Gasteiger partial charge < -0.3 is 15.4 Å². The summed E-state index contributed by atoms with van der Waals surface area (Å²) in [6, 6.07) is 5.92. The van der Waals surface area contributed by atoms with Gasteiger partial charge in [-0.05, 0) is 26.0 Å². The zero-order valence-corrected chi connectivity index (χ0v) is 12.8. The van der Waals surface area contributed by atoms with Crippen LogP contribution in [0.25, 0.3) is 0 Å². The highest BCUT2D eigenvalue weighted by molar-refractivity contribution is 5.80. The number of hydrogen-bond acceptors (Lipinski definition) is 6. The highest BCUT2D eigenvalue weighted by Crippen LogP contribution is 2.14. The first kappa shape index (κ1) is 15.7. The van der Waals surface area contributed by atoms with Crippen molar-refractivity contribution in [3.8, 4) is 0 Å². The normalized spacial score (nSPS) is 19.1. The standard InChI is InChI=1S/C15H24N4O2/c1-3-21-14(20)15(2,16)12-18-8-10-19(11-9-18)13-6-4-5-7-17-13/h4-7H,3,8-12,16H2,1-2H3. The molecule has 0 aliphatic carbocycles. The van der Waals surface area contributed by atoms with Crippen molar-refractivity contribution in [1.82, 2.24) is 9.88 Å². The number of carbonyl (C=O) groups excluding carboxylic acids is 1. The lowest BCUT2D eigenvalue weighted by Gasteiger charge is -2.38. The molecule has 1 atom stereocenters. The number of nitrogens with two attached hydrogens (primary N) is 1. The third-order valence-corrected chi connectivity index (χ3v) is 3.64. The zero-order valence-electron chi connectivity index (χ0n) is 12.8. The molecule has 0 aromatic carbocycles. The van der Waals surface area contributed by atoms with E-state index in [1.54, 1.807) is 20.0 Å². The number of pyridine rings is 1. The first-order valence-electron chi connectivity index (χ1n) is 7.37. The van der Waals surface area contributed by atoms with E-state index < -0.39 is 5.54 Å². The molecule has 0 saturated carbocycles. The maximum Gasteiger partial charge on any atom is 0.327 e.